The average Bonchev–Trinajstić information content (AvgIpc) is 2.86. The van der Waals surface area contributed by atoms with Crippen molar-refractivity contribution in [3.8, 4) is 0 Å². The van der Waals surface area contributed by atoms with Crippen molar-refractivity contribution in [2.75, 3.05) is 23.3 Å². The first-order chi connectivity index (χ1) is 9.26. The molecule has 2 rings (SSSR count). The lowest BCUT2D eigenvalue weighted by Gasteiger charge is -2.22. The summed E-state index contributed by atoms with van der Waals surface area (Å²) in [7, 11) is 0. The van der Waals surface area contributed by atoms with Crippen LogP contribution in [0.15, 0.2) is 24.3 Å². The van der Waals surface area contributed by atoms with Crippen molar-refractivity contribution in [3.05, 3.63) is 24.3 Å². The summed E-state index contributed by atoms with van der Waals surface area (Å²) < 4.78 is 0. The van der Waals surface area contributed by atoms with Gasteiger partial charge in [0.05, 0.1) is 11.4 Å². The minimum absolute atomic E-state index is 0.247. The lowest BCUT2D eigenvalue weighted by molar-refractivity contribution is -0.117. The first kappa shape index (κ1) is 13.9. The number of hydrogen-bond donors (Lipinski definition) is 1. The van der Waals surface area contributed by atoms with Crippen molar-refractivity contribution in [2.45, 2.75) is 39.5 Å². The molecular formula is C16H24N2O. The molecule has 0 radical (unpaired) electrons. The summed E-state index contributed by atoms with van der Waals surface area (Å²) in [4.78, 5) is 13.8. The van der Waals surface area contributed by atoms with Gasteiger partial charge in [0.2, 0.25) is 5.91 Å². The van der Waals surface area contributed by atoms with Crippen LogP contribution in [0.1, 0.15) is 39.5 Å². The minimum Gasteiger partial charge on any atom is -0.383 e. The Morgan fingerprint density at radius 2 is 2.00 bits per heavy atom. The average molecular weight is 260 g/mol. The van der Waals surface area contributed by atoms with E-state index in [-0.39, 0.29) is 5.91 Å². The summed E-state index contributed by atoms with van der Waals surface area (Å²) in [6.45, 7) is 6.28. The number of nitrogens with one attached hydrogen (secondary N) is 1. The third kappa shape index (κ3) is 3.28. The Balaban J connectivity index is 2.10. The van der Waals surface area contributed by atoms with Gasteiger partial charge < -0.3 is 10.2 Å². The zero-order valence-electron chi connectivity index (χ0n) is 12.0. The molecule has 0 spiro atoms. The molecule has 1 N–H and O–H groups in total. The summed E-state index contributed by atoms with van der Waals surface area (Å²) in [5.74, 6) is 0.944. The quantitative estimate of drug-likeness (QED) is 0.846. The zero-order valence-corrected chi connectivity index (χ0v) is 12.0. The monoisotopic (exact) mass is 260 g/mol. The number of para-hydroxylation sites is 2. The largest absolute Gasteiger partial charge is 0.383 e. The molecule has 1 aromatic rings. The highest BCUT2D eigenvalue weighted by molar-refractivity contribution is 5.98. The topological polar surface area (TPSA) is 32.3 Å². The lowest BCUT2D eigenvalue weighted by atomic mass is 10.0. The van der Waals surface area contributed by atoms with E-state index in [4.69, 9.17) is 0 Å². The number of nitrogens with zero attached hydrogens (tertiary/aromatic N) is 1. The van der Waals surface area contributed by atoms with Crippen molar-refractivity contribution < 1.29 is 4.79 Å². The van der Waals surface area contributed by atoms with Gasteiger partial charge in [-0.2, -0.15) is 0 Å². The second-order valence-electron chi connectivity index (χ2n) is 5.23. The Bertz CT molecular complexity index is 427. The van der Waals surface area contributed by atoms with Crippen LogP contribution in [0.4, 0.5) is 11.4 Å². The third-order valence-corrected chi connectivity index (χ3v) is 4.00. The molecule has 0 atom stereocenters. The first-order valence-corrected chi connectivity index (χ1v) is 7.39. The number of carbonyl (C=O) groups excluding carboxylic acids is 1. The molecule has 1 aliphatic rings. The highest BCUT2D eigenvalue weighted by Gasteiger charge is 2.23. The molecule has 1 saturated heterocycles. The Labute approximate surface area is 116 Å². The predicted molar refractivity (Wildman–Crippen MR) is 80.6 cm³/mol. The van der Waals surface area contributed by atoms with E-state index >= 15 is 0 Å². The number of hydrogen-bond acceptors (Lipinski definition) is 2. The van der Waals surface area contributed by atoms with E-state index in [2.05, 4.69) is 25.2 Å². The summed E-state index contributed by atoms with van der Waals surface area (Å²) in [6, 6.07) is 8.14. The molecule has 1 amide bonds. The van der Waals surface area contributed by atoms with Gasteiger partial charge in [0.15, 0.2) is 0 Å². The van der Waals surface area contributed by atoms with E-state index in [1.807, 2.05) is 23.1 Å². The molecule has 0 aromatic heterocycles. The van der Waals surface area contributed by atoms with Crippen molar-refractivity contribution in [2.24, 2.45) is 5.92 Å². The van der Waals surface area contributed by atoms with Crippen molar-refractivity contribution in [3.63, 3.8) is 0 Å². The maximum absolute atomic E-state index is 11.9. The number of amides is 1. The molecule has 1 heterocycles. The molecule has 104 valence electrons. The second kappa shape index (κ2) is 6.60. The van der Waals surface area contributed by atoms with E-state index in [1.54, 1.807) is 0 Å². The predicted octanol–water partition coefficient (Wildman–Crippen LogP) is 3.66. The van der Waals surface area contributed by atoms with E-state index in [0.29, 0.717) is 12.3 Å². The zero-order chi connectivity index (χ0) is 13.7. The molecule has 0 saturated carbocycles. The number of carbonyl (C=O) groups is 1. The van der Waals surface area contributed by atoms with Crippen LogP contribution in [0.5, 0.6) is 0 Å². The van der Waals surface area contributed by atoms with Crippen LogP contribution < -0.4 is 10.2 Å². The van der Waals surface area contributed by atoms with Gasteiger partial charge in [-0.25, -0.2) is 0 Å². The van der Waals surface area contributed by atoms with E-state index in [0.717, 1.165) is 30.9 Å². The lowest BCUT2D eigenvalue weighted by Crippen LogP contribution is -2.25. The maximum atomic E-state index is 11.9. The smallest absolute Gasteiger partial charge is 0.227 e. The van der Waals surface area contributed by atoms with Crippen LogP contribution in [-0.2, 0) is 4.79 Å². The fourth-order valence-corrected chi connectivity index (χ4v) is 2.59. The number of rotatable bonds is 6. The van der Waals surface area contributed by atoms with Crippen LogP contribution in [-0.4, -0.2) is 19.0 Å². The molecule has 1 fully saturated rings. The van der Waals surface area contributed by atoms with Gasteiger partial charge in [-0.15, -0.1) is 0 Å². The molecule has 3 heteroatoms. The molecule has 3 nitrogen and oxygen atoms in total. The van der Waals surface area contributed by atoms with E-state index in [9.17, 15) is 4.79 Å². The fourth-order valence-electron chi connectivity index (χ4n) is 2.59. The molecule has 1 aliphatic heterocycles. The van der Waals surface area contributed by atoms with Gasteiger partial charge in [0.25, 0.3) is 0 Å². The first-order valence-electron chi connectivity index (χ1n) is 7.39. The standard InChI is InChI=1S/C16H24N2O/c1-3-13(4-2)12-17-14-8-5-6-9-15(14)18-11-7-10-16(18)19/h5-6,8-9,13,17H,3-4,7,10-12H2,1-2H3. The molecular weight excluding hydrogens is 236 g/mol. The highest BCUT2D eigenvalue weighted by atomic mass is 16.2. The van der Waals surface area contributed by atoms with Crippen molar-refractivity contribution in [1.29, 1.82) is 0 Å². The van der Waals surface area contributed by atoms with Crippen molar-refractivity contribution >= 4 is 17.3 Å². The summed E-state index contributed by atoms with van der Waals surface area (Å²) in [5, 5.41) is 3.52. The summed E-state index contributed by atoms with van der Waals surface area (Å²) >= 11 is 0. The van der Waals surface area contributed by atoms with E-state index < -0.39 is 0 Å². The summed E-state index contributed by atoms with van der Waals surface area (Å²) in [5.41, 5.74) is 2.13. The van der Waals surface area contributed by atoms with Crippen LogP contribution in [0, 0.1) is 5.92 Å². The fraction of sp³-hybridized carbons (Fsp3) is 0.562. The summed E-state index contributed by atoms with van der Waals surface area (Å²) in [6.07, 6.45) is 4.03. The Hall–Kier alpha value is -1.51. The van der Waals surface area contributed by atoms with Gasteiger partial charge in [-0.05, 0) is 24.5 Å². The molecule has 0 bridgehead atoms. The number of benzene rings is 1. The SMILES string of the molecule is CCC(CC)CNc1ccccc1N1CCCC1=O. The Kier molecular flexibility index (Phi) is 4.83. The Morgan fingerprint density at radius 3 is 2.63 bits per heavy atom. The van der Waals surface area contributed by atoms with Gasteiger partial charge in [0.1, 0.15) is 0 Å². The van der Waals surface area contributed by atoms with E-state index in [1.165, 1.54) is 12.8 Å². The van der Waals surface area contributed by atoms with Gasteiger partial charge in [0, 0.05) is 19.5 Å². The molecule has 0 aliphatic carbocycles. The maximum Gasteiger partial charge on any atom is 0.227 e. The van der Waals surface area contributed by atoms with Gasteiger partial charge >= 0.3 is 0 Å². The van der Waals surface area contributed by atoms with Crippen molar-refractivity contribution in [1.82, 2.24) is 0 Å². The van der Waals surface area contributed by atoms with Crippen LogP contribution in [0.25, 0.3) is 0 Å². The minimum atomic E-state index is 0.247. The van der Waals surface area contributed by atoms with Crippen LogP contribution in [0.2, 0.25) is 0 Å². The molecule has 19 heavy (non-hydrogen) atoms. The highest BCUT2D eigenvalue weighted by Crippen LogP contribution is 2.29. The molecule has 1 aromatic carbocycles. The Morgan fingerprint density at radius 1 is 1.26 bits per heavy atom. The molecule has 0 unspecified atom stereocenters. The second-order valence-corrected chi connectivity index (χ2v) is 5.23. The van der Waals surface area contributed by atoms with Gasteiger partial charge in [-0.1, -0.05) is 38.8 Å². The normalized spacial score (nSPS) is 15.3. The number of anilines is 2. The van der Waals surface area contributed by atoms with Crippen LogP contribution >= 0.6 is 0 Å². The van der Waals surface area contributed by atoms with Crippen LogP contribution in [0.3, 0.4) is 0 Å². The third-order valence-electron chi connectivity index (χ3n) is 4.00. The van der Waals surface area contributed by atoms with Gasteiger partial charge in [-0.3, -0.25) is 4.79 Å².